The molecule has 3 heterocycles. The summed E-state index contributed by atoms with van der Waals surface area (Å²) in [5.41, 5.74) is -0.216. The van der Waals surface area contributed by atoms with Crippen LogP contribution in [0.2, 0.25) is 0 Å². The SMILES string of the molecule is N#Cc1ccc(Nc2ncc(C(F)(F)F)c(NCC3CCCCN3)n2)cn1. The maximum Gasteiger partial charge on any atom is 0.421 e. The van der Waals surface area contributed by atoms with E-state index < -0.39 is 11.7 Å². The van der Waals surface area contributed by atoms with E-state index in [-0.39, 0.29) is 23.5 Å². The molecule has 0 bridgehead atoms. The van der Waals surface area contributed by atoms with Gasteiger partial charge in [0.2, 0.25) is 5.95 Å². The molecule has 1 saturated heterocycles. The molecule has 27 heavy (non-hydrogen) atoms. The maximum absolute atomic E-state index is 13.3. The van der Waals surface area contributed by atoms with Crippen molar-refractivity contribution in [2.75, 3.05) is 23.7 Å². The predicted octanol–water partition coefficient (Wildman–Crippen LogP) is 3.06. The maximum atomic E-state index is 13.3. The lowest BCUT2D eigenvalue weighted by Gasteiger charge is -2.24. The van der Waals surface area contributed by atoms with Gasteiger partial charge in [0.15, 0.2) is 0 Å². The average Bonchev–Trinajstić information content (AvgIpc) is 2.67. The molecule has 2 aromatic rings. The highest BCUT2D eigenvalue weighted by Gasteiger charge is 2.35. The number of pyridine rings is 1. The van der Waals surface area contributed by atoms with Gasteiger partial charge in [-0.2, -0.15) is 23.4 Å². The molecule has 0 amide bonds. The third-order valence-corrected chi connectivity index (χ3v) is 4.16. The fourth-order valence-corrected chi connectivity index (χ4v) is 2.77. The van der Waals surface area contributed by atoms with E-state index in [9.17, 15) is 13.2 Å². The number of alkyl halides is 3. The molecule has 1 fully saturated rings. The summed E-state index contributed by atoms with van der Waals surface area (Å²) in [4.78, 5) is 11.6. The molecule has 7 nitrogen and oxygen atoms in total. The Balaban J connectivity index is 1.77. The first-order chi connectivity index (χ1) is 13.0. The Morgan fingerprint density at radius 1 is 1.22 bits per heavy atom. The van der Waals surface area contributed by atoms with Crippen LogP contribution in [-0.2, 0) is 6.18 Å². The molecule has 0 aliphatic carbocycles. The van der Waals surface area contributed by atoms with Crippen molar-refractivity contribution < 1.29 is 13.2 Å². The number of anilines is 3. The van der Waals surface area contributed by atoms with E-state index in [1.807, 2.05) is 6.07 Å². The Hall–Kier alpha value is -2.93. The van der Waals surface area contributed by atoms with Gasteiger partial charge in [0, 0.05) is 18.8 Å². The molecule has 2 aromatic heterocycles. The van der Waals surface area contributed by atoms with Crippen LogP contribution in [0, 0.1) is 11.3 Å². The van der Waals surface area contributed by atoms with Crippen LogP contribution in [-0.4, -0.2) is 34.1 Å². The Morgan fingerprint density at radius 3 is 2.70 bits per heavy atom. The minimum Gasteiger partial charge on any atom is -0.368 e. The highest BCUT2D eigenvalue weighted by molar-refractivity contribution is 5.56. The highest BCUT2D eigenvalue weighted by Crippen LogP contribution is 2.34. The lowest BCUT2D eigenvalue weighted by atomic mass is 10.1. The molecule has 0 radical (unpaired) electrons. The molecule has 0 aromatic carbocycles. The molecule has 1 unspecified atom stereocenters. The highest BCUT2D eigenvalue weighted by atomic mass is 19.4. The Bertz CT molecular complexity index is 809. The van der Waals surface area contributed by atoms with Crippen LogP contribution < -0.4 is 16.0 Å². The van der Waals surface area contributed by atoms with Crippen molar-refractivity contribution >= 4 is 17.5 Å². The summed E-state index contributed by atoms with van der Waals surface area (Å²) in [7, 11) is 0. The van der Waals surface area contributed by atoms with Gasteiger partial charge in [-0.1, -0.05) is 6.42 Å². The predicted molar refractivity (Wildman–Crippen MR) is 93.4 cm³/mol. The lowest BCUT2D eigenvalue weighted by molar-refractivity contribution is -0.137. The molecular formula is C17H18F3N7. The summed E-state index contributed by atoms with van der Waals surface area (Å²) in [6, 6.07) is 5.05. The van der Waals surface area contributed by atoms with Crippen LogP contribution >= 0.6 is 0 Å². The van der Waals surface area contributed by atoms with Gasteiger partial charge in [0.05, 0.1) is 11.9 Å². The van der Waals surface area contributed by atoms with Gasteiger partial charge < -0.3 is 16.0 Å². The first kappa shape index (κ1) is 18.8. The van der Waals surface area contributed by atoms with E-state index in [0.717, 1.165) is 32.0 Å². The van der Waals surface area contributed by atoms with Crippen molar-refractivity contribution in [2.45, 2.75) is 31.5 Å². The Labute approximate surface area is 154 Å². The molecular weight excluding hydrogens is 359 g/mol. The first-order valence-electron chi connectivity index (χ1n) is 8.50. The van der Waals surface area contributed by atoms with Gasteiger partial charge in [-0.05, 0) is 31.5 Å². The van der Waals surface area contributed by atoms with Crippen LogP contribution in [0.3, 0.4) is 0 Å². The van der Waals surface area contributed by atoms with Gasteiger partial charge in [-0.3, -0.25) is 0 Å². The monoisotopic (exact) mass is 377 g/mol. The fourth-order valence-electron chi connectivity index (χ4n) is 2.77. The van der Waals surface area contributed by atoms with E-state index in [0.29, 0.717) is 12.2 Å². The molecule has 1 aliphatic heterocycles. The number of rotatable bonds is 5. The second-order valence-corrected chi connectivity index (χ2v) is 6.15. The van der Waals surface area contributed by atoms with Crippen molar-refractivity contribution in [2.24, 2.45) is 0 Å². The smallest absolute Gasteiger partial charge is 0.368 e. The number of hydrogen-bond donors (Lipinski definition) is 3. The van der Waals surface area contributed by atoms with Crippen LogP contribution in [0.15, 0.2) is 24.5 Å². The Kier molecular flexibility index (Phi) is 5.71. The van der Waals surface area contributed by atoms with Gasteiger partial charge in [-0.15, -0.1) is 0 Å². The summed E-state index contributed by atoms with van der Waals surface area (Å²) in [6.07, 6.45) is 0.609. The van der Waals surface area contributed by atoms with E-state index in [4.69, 9.17) is 5.26 Å². The van der Waals surface area contributed by atoms with Crippen molar-refractivity contribution in [3.8, 4) is 6.07 Å². The summed E-state index contributed by atoms with van der Waals surface area (Å²) < 4.78 is 39.8. The van der Waals surface area contributed by atoms with Gasteiger partial charge >= 0.3 is 6.18 Å². The van der Waals surface area contributed by atoms with Crippen LogP contribution in [0.5, 0.6) is 0 Å². The molecule has 1 atom stereocenters. The summed E-state index contributed by atoms with van der Waals surface area (Å²) >= 11 is 0. The number of nitrogens with one attached hydrogen (secondary N) is 3. The zero-order valence-corrected chi connectivity index (χ0v) is 14.3. The number of nitriles is 1. The lowest BCUT2D eigenvalue weighted by Crippen LogP contribution is -2.39. The standard InChI is InChI=1S/C17H18F3N7/c18-17(19,20)14-10-25-16(26-13-5-4-11(7-21)23-9-13)27-15(14)24-8-12-3-1-2-6-22-12/h4-5,9-10,12,22H,1-3,6,8H2,(H2,24,25,26,27). The third-order valence-electron chi connectivity index (χ3n) is 4.16. The fraction of sp³-hybridized carbons (Fsp3) is 0.412. The summed E-state index contributed by atoms with van der Waals surface area (Å²) in [6.45, 7) is 1.21. The second kappa shape index (κ2) is 8.18. The van der Waals surface area contributed by atoms with Crippen molar-refractivity contribution in [1.82, 2.24) is 20.3 Å². The zero-order valence-electron chi connectivity index (χ0n) is 14.3. The van der Waals surface area contributed by atoms with Crippen LogP contribution in [0.4, 0.5) is 30.6 Å². The van der Waals surface area contributed by atoms with Crippen molar-refractivity contribution in [3.63, 3.8) is 0 Å². The van der Waals surface area contributed by atoms with Gasteiger partial charge in [0.1, 0.15) is 23.1 Å². The zero-order chi connectivity index (χ0) is 19.3. The normalized spacial score (nSPS) is 17.2. The van der Waals surface area contributed by atoms with Crippen molar-refractivity contribution in [3.05, 3.63) is 35.8 Å². The largest absolute Gasteiger partial charge is 0.421 e. The molecule has 0 spiro atoms. The second-order valence-electron chi connectivity index (χ2n) is 6.15. The number of halogens is 3. The molecule has 3 rings (SSSR count). The van der Waals surface area contributed by atoms with Crippen molar-refractivity contribution in [1.29, 1.82) is 5.26 Å². The van der Waals surface area contributed by atoms with Crippen LogP contribution in [0.1, 0.15) is 30.5 Å². The number of nitrogens with zero attached hydrogens (tertiary/aromatic N) is 4. The quantitative estimate of drug-likeness (QED) is 0.736. The number of aromatic nitrogens is 3. The third kappa shape index (κ3) is 5.04. The summed E-state index contributed by atoms with van der Waals surface area (Å²) in [5, 5.41) is 17.6. The topological polar surface area (TPSA) is 98.5 Å². The number of piperidine rings is 1. The average molecular weight is 377 g/mol. The summed E-state index contributed by atoms with van der Waals surface area (Å²) in [5.74, 6) is -0.261. The van der Waals surface area contributed by atoms with E-state index in [1.54, 1.807) is 6.07 Å². The molecule has 10 heteroatoms. The molecule has 1 aliphatic rings. The van der Waals surface area contributed by atoms with E-state index in [2.05, 4.69) is 30.9 Å². The van der Waals surface area contributed by atoms with Crippen LogP contribution in [0.25, 0.3) is 0 Å². The Morgan fingerprint density at radius 2 is 2.07 bits per heavy atom. The molecule has 3 N–H and O–H groups in total. The van der Waals surface area contributed by atoms with E-state index >= 15 is 0 Å². The number of hydrogen-bond acceptors (Lipinski definition) is 7. The van der Waals surface area contributed by atoms with Gasteiger partial charge in [0.25, 0.3) is 0 Å². The first-order valence-corrected chi connectivity index (χ1v) is 8.50. The molecule has 0 saturated carbocycles. The minimum atomic E-state index is -4.56. The van der Waals surface area contributed by atoms with Gasteiger partial charge in [-0.25, -0.2) is 9.97 Å². The molecule has 142 valence electrons. The van der Waals surface area contributed by atoms with E-state index in [1.165, 1.54) is 12.3 Å². The minimum absolute atomic E-state index is 0.00797.